The number of rotatable bonds is 11. The predicted octanol–water partition coefficient (Wildman–Crippen LogP) is 6.45. The highest BCUT2D eigenvalue weighted by molar-refractivity contribution is 7.17. The Hall–Kier alpha value is -4.37. The van der Waals surface area contributed by atoms with Crippen LogP contribution in [0.5, 0.6) is 17.2 Å². The van der Waals surface area contributed by atoms with Gasteiger partial charge in [0.1, 0.15) is 23.9 Å². The molecule has 1 aromatic heterocycles. The number of aromatic carboxylic acids is 1. The van der Waals surface area contributed by atoms with Crippen LogP contribution in [-0.4, -0.2) is 39.1 Å². The van der Waals surface area contributed by atoms with Crippen molar-refractivity contribution in [1.82, 2.24) is 0 Å². The number of hydrogen-bond donors (Lipinski definition) is 3. The fourth-order valence-corrected chi connectivity index (χ4v) is 6.04. The Morgan fingerprint density at radius 3 is 2.45 bits per heavy atom. The zero-order valence-electron chi connectivity index (χ0n) is 21.6. The quantitative estimate of drug-likeness (QED) is 0.178. The molecule has 0 unspecified atom stereocenters. The summed E-state index contributed by atoms with van der Waals surface area (Å²) in [5, 5.41) is 31.9. The van der Waals surface area contributed by atoms with Crippen molar-refractivity contribution in [3.63, 3.8) is 0 Å². The van der Waals surface area contributed by atoms with Crippen molar-refractivity contribution in [1.29, 1.82) is 0 Å². The molecule has 0 saturated heterocycles. The van der Waals surface area contributed by atoms with Crippen molar-refractivity contribution < 1.29 is 39.2 Å². The lowest BCUT2D eigenvalue weighted by molar-refractivity contribution is -0.136. The Bertz CT molecular complexity index is 1580. The maximum Gasteiger partial charge on any atom is 0.337 e. The molecular weight excluding hydrogens is 532 g/mol. The van der Waals surface area contributed by atoms with E-state index in [1.54, 1.807) is 36.4 Å². The number of benzene rings is 3. The molecule has 1 aliphatic carbocycles. The van der Waals surface area contributed by atoms with Crippen LogP contribution in [0.2, 0.25) is 0 Å². The van der Waals surface area contributed by atoms with E-state index in [4.69, 9.17) is 9.47 Å². The van der Waals surface area contributed by atoms with Crippen molar-refractivity contribution >= 4 is 39.1 Å². The number of aromatic hydroxyl groups is 1. The number of ketones is 1. The van der Waals surface area contributed by atoms with Crippen LogP contribution in [-0.2, 0) is 17.8 Å². The third-order valence-corrected chi connectivity index (χ3v) is 8.12. The summed E-state index contributed by atoms with van der Waals surface area (Å²) in [6.07, 6.45) is 4.29. The first kappa shape index (κ1) is 27.2. The van der Waals surface area contributed by atoms with Gasteiger partial charge in [0.25, 0.3) is 0 Å². The van der Waals surface area contributed by atoms with Gasteiger partial charge in [-0.1, -0.05) is 12.1 Å². The number of thiophene rings is 1. The minimum Gasteiger partial charge on any atom is -0.507 e. The molecule has 0 spiro atoms. The first-order chi connectivity index (χ1) is 19.3. The van der Waals surface area contributed by atoms with Crippen LogP contribution >= 0.6 is 11.3 Å². The Kier molecular flexibility index (Phi) is 8.02. The molecule has 0 atom stereocenters. The molecule has 4 aromatic rings. The van der Waals surface area contributed by atoms with Crippen LogP contribution in [0.15, 0.2) is 60.0 Å². The number of carboxylic acids is 2. The highest BCUT2D eigenvalue weighted by Gasteiger charge is 2.20. The molecule has 3 aromatic carbocycles. The van der Waals surface area contributed by atoms with Gasteiger partial charge in [0.15, 0.2) is 5.78 Å². The summed E-state index contributed by atoms with van der Waals surface area (Å²) in [6, 6.07) is 14.5. The van der Waals surface area contributed by atoms with E-state index in [0.717, 1.165) is 36.6 Å². The number of phenols is 1. The third-order valence-electron chi connectivity index (χ3n) is 7.04. The van der Waals surface area contributed by atoms with Crippen LogP contribution < -0.4 is 9.47 Å². The molecule has 1 aliphatic rings. The third kappa shape index (κ3) is 5.94. The number of phenolic OH excluding ortho intramolecular Hbond substituents is 1. The van der Waals surface area contributed by atoms with E-state index in [1.807, 2.05) is 11.4 Å². The van der Waals surface area contributed by atoms with Gasteiger partial charge in [0.05, 0.1) is 17.2 Å². The molecule has 0 aliphatic heterocycles. The summed E-state index contributed by atoms with van der Waals surface area (Å²) in [6.45, 7) is 0.139. The number of ether oxygens (including phenoxy) is 2. The molecule has 1 fully saturated rings. The molecule has 3 N–H and O–H groups in total. The molecule has 40 heavy (non-hydrogen) atoms. The van der Waals surface area contributed by atoms with E-state index in [0.29, 0.717) is 27.3 Å². The highest BCUT2D eigenvalue weighted by Crippen LogP contribution is 2.33. The van der Waals surface area contributed by atoms with Crippen molar-refractivity contribution in [3.8, 4) is 17.2 Å². The largest absolute Gasteiger partial charge is 0.507 e. The highest BCUT2D eigenvalue weighted by atomic mass is 32.1. The molecule has 0 radical (unpaired) electrons. The molecule has 0 bridgehead atoms. The number of aliphatic carboxylic acids is 1. The monoisotopic (exact) mass is 560 g/mol. The Morgan fingerprint density at radius 2 is 1.73 bits per heavy atom. The van der Waals surface area contributed by atoms with Gasteiger partial charge >= 0.3 is 11.9 Å². The van der Waals surface area contributed by atoms with Crippen LogP contribution in [0.4, 0.5) is 0 Å². The second-order valence-electron chi connectivity index (χ2n) is 9.79. The van der Waals surface area contributed by atoms with Crippen LogP contribution in [0.1, 0.15) is 69.5 Å². The van der Waals surface area contributed by atoms with Crippen LogP contribution in [0.25, 0.3) is 10.1 Å². The van der Waals surface area contributed by atoms with Gasteiger partial charge in [-0.2, -0.15) is 0 Å². The number of aryl methyl sites for hydroxylation is 1. The van der Waals surface area contributed by atoms with Crippen LogP contribution in [0.3, 0.4) is 0 Å². The topological polar surface area (TPSA) is 130 Å². The predicted molar refractivity (Wildman–Crippen MR) is 150 cm³/mol. The van der Waals surface area contributed by atoms with Gasteiger partial charge in [-0.05, 0) is 84.8 Å². The summed E-state index contributed by atoms with van der Waals surface area (Å²) in [7, 11) is 0. The number of fused-ring (bicyclic) bond motifs is 1. The second kappa shape index (κ2) is 11.8. The summed E-state index contributed by atoms with van der Waals surface area (Å²) in [5.74, 6) is -1.63. The Labute approximate surface area is 234 Å². The molecule has 206 valence electrons. The molecule has 1 saturated carbocycles. The molecule has 1 heterocycles. The van der Waals surface area contributed by atoms with E-state index < -0.39 is 17.7 Å². The smallest absolute Gasteiger partial charge is 0.337 e. The van der Waals surface area contributed by atoms with E-state index in [1.165, 1.54) is 23.5 Å². The summed E-state index contributed by atoms with van der Waals surface area (Å²) < 4.78 is 12.6. The fourth-order valence-electron chi connectivity index (χ4n) is 4.98. The van der Waals surface area contributed by atoms with Crippen molar-refractivity contribution in [2.24, 2.45) is 0 Å². The maximum atomic E-state index is 13.3. The zero-order valence-corrected chi connectivity index (χ0v) is 22.4. The zero-order chi connectivity index (χ0) is 28.2. The average Bonchev–Trinajstić information content (AvgIpc) is 3.60. The standard InChI is InChI=1S/C31H28O8S/c32-26-15-22(39-21-4-1-2-5-21)10-11-24(26)29(35)19-8-12-27(18(14-19)9-13-28(33)34)38-16-20-17-40-30-23(20)6-3-7-25(30)31(36)37/h3,6-8,10-12,14-15,17,21,32H,1-2,4-5,9,13,16H2,(H,33,34)(H,36,37). The Balaban J connectivity index is 1.37. The summed E-state index contributed by atoms with van der Waals surface area (Å²) in [4.78, 5) is 36.2. The first-order valence-electron chi connectivity index (χ1n) is 13.0. The number of carboxylic acid groups (broad SMARTS) is 2. The number of hydrogen-bond acceptors (Lipinski definition) is 7. The molecule has 8 nitrogen and oxygen atoms in total. The summed E-state index contributed by atoms with van der Waals surface area (Å²) in [5.41, 5.74) is 1.98. The lowest BCUT2D eigenvalue weighted by atomic mass is 9.98. The minimum atomic E-state index is -1.00. The van der Waals surface area contributed by atoms with Gasteiger partial charge in [0.2, 0.25) is 0 Å². The SMILES string of the molecule is O=C(O)CCc1cc(C(=O)c2ccc(OC3CCCC3)cc2O)ccc1OCc1csc2c(C(=O)O)cccc12. The lowest BCUT2D eigenvalue weighted by Crippen LogP contribution is -2.11. The van der Waals surface area contributed by atoms with E-state index in [9.17, 15) is 29.7 Å². The fraction of sp³-hybridized carbons (Fsp3) is 0.258. The number of carbonyl (C=O) groups excluding carboxylic acids is 1. The molecule has 9 heteroatoms. The summed E-state index contributed by atoms with van der Waals surface area (Å²) >= 11 is 1.32. The average molecular weight is 561 g/mol. The maximum absolute atomic E-state index is 13.3. The van der Waals surface area contributed by atoms with Crippen molar-refractivity contribution in [2.45, 2.75) is 51.2 Å². The van der Waals surface area contributed by atoms with Crippen molar-refractivity contribution in [3.05, 3.63) is 87.8 Å². The van der Waals surface area contributed by atoms with Gasteiger partial charge in [-0.3, -0.25) is 9.59 Å². The molecule has 5 rings (SSSR count). The van der Waals surface area contributed by atoms with Gasteiger partial charge in [-0.15, -0.1) is 11.3 Å². The minimum absolute atomic E-state index is 0.121. The van der Waals surface area contributed by atoms with Gasteiger partial charge < -0.3 is 24.8 Å². The van der Waals surface area contributed by atoms with E-state index >= 15 is 0 Å². The van der Waals surface area contributed by atoms with E-state index in [2.05, 4.69) is 0 Å². The van der Waals surface area contributed by atoms with Crippen molar-refractivity contribution in [2.75, 3.05) is 0 Å². The van der Waals surface area contributed by atoms with E-state index in [-0.39, 0.29) is 42.4 Å². The normalized spacial score (nSPS) is 13.4. The first-order valence-corrected chi connectivity index (χ1v) is 13.9. The lowest BCUT2D eigenvalue weighted by Gasteiger charge is -2.15. The van der Waals surface area contributed by atoms with Crippen LogP contribution in [0, 0.1) is 0 Å². The van der Waals surface area contributed by atoms with Gasteiger partial charge in [-0.25, -0.2) is 4.79 Å². The number of carbonyl (C=O) groups is 3. The molecular formula is C31H28O8S. The van der Waals surface area contributed by atoms with Gasteiger partial charge in [0, 0.05) is 28.3 Å². The molecule has 0 amide bonds. The Morgan fingerprint density at radius 1 is 0.925 bits per heavy atom. The second-order valence-corrected chi connectivity index (χ2v) is 10.7.